The number of anilines is 2. The highest BCUT2D eigenvalue weighted by atomic mass is 32.1. The van der Waals surface area contributed by atoms with E-state index < -0.39 is 4.92 Å². The second-order valence-corrected chi connectivity index (χ2v) is 6.67. The van der Waals surface area contributed by atoms with Crippen molar-refractivity contribution in [2.75, 3.05) is 5.32 Å². The molecule has 23 heavy (non-hydrogen) atoms. The van der Waals surface area contributed by atoms with Gasteiger partial charge in [-0.05, 0) is 37.8 Å². The third-order valence-corrected chi connectivity index (χ3v) is 5.18. The lowest BCUT2D eigenvalue weighted by molar-refractivity contribution is -0.384. The number of non-ortho nitro benzene ring substituents is 1. The minimum atomic E-state index is -0.395. The zero-order valence-corrected chi connectivity index (χ0v) is 13.3. The van der Waals surface area contributed by atoms with Crippen LogP contribution in [0.3, 0.4) is 0 Å². The van der Waals surface area contributed by atoms with Gasteiger partial charge in [0.2, 0.25) is 0 Å². The number of nitro groups is 1. The molecule has 0 fully saturated rings. The molecule has 0 saturated heterocycles. The van der Waals surface area contributed by atoms with Gasteiger partial charge < -0.3 is 5.32 Å². The molecule has 1 aliphatic carbocycles. The molecule has 0 spiro atoms. The lowest BCUT2D eigenvalue weighted by Crippen LogP contribution is -1.99. The van der Waals surface area contributed by atoms with Gasteiger partial charge in [-0.1, -0.05) is 6.07 Å². The number of aryl methyl sites for hydroxylation is 3. The fourth-order valence-electron chi connectivity index (χ4n) is 3.03. The molecule has 7 heteroatoms. The van der Waals surface area contributed by atoms with Crippen molar-refractivity contribution in [2.45, 2.75) is 26.2 Å². The normalized spacial score (nSPS) is 13.3. The third-order valence-electron chi connectivity index (χ3n) is 4.00. The zero-order valence-electron chi connectivity index (χ0n) is 12.5. The number of hydrogen-bond acceptors (Lipinski definition) is 6. The fraction of sp³-hybridized carbons (Fsp3) is 0.250. The fourth-order valence-corrected chi connectivity index (χ4v) is 4.33. The smallest absolute Gasteiger partial charge is 0.271 e. The van der Waals surface area contributed by atoms with Crippen LogP contribution in [-0.4, -0.2) is 14.9 Å². The molecule has 116 valence electrons. The maximum Gasteiger partial charge on any atom is 0.271 e. The zero-order chi connectivity index (χ0) is 16.0. The number of nitrogens with zero attached hydrogens (tertiary/aromatic N) is 3. The summed E-state index contributed by atoms with van der Waals surface area (Å²) in [7, 11) is 0. The SMILES string of the molecule is Cc1nc(Nc2cccc([N+](=O)[O-])c2)c2c3c(sc2n1)CCC3. The number of fused-ring (bicyclic) bond motifs is 3. The van der Waals surface area contributed by atoms with Gasteiger partial charge in [-0.2, -0.15) is 0 Å². The predicted octanol–water partition coefficient (Wildman–Crippen LogP) is 4.14. The first-order valence-corrected chi connectivity index (χ1v) is 8.24. The Hall–Kier alpha value is -2.54. The molecule has 3 aromatic rings. The minimum Gasteiger partial charge on any atom is -0.339 e. The summed E-state index contributed by atoms with van der Waals surface area (Å²) < 4.78 is 0. The van der Waals surface area contributed by atoms with E-state index in [0.29, 0.717) is 11.5 Å². The quantitative estimate of drug-likeness (QED) is 0.578. The lowest BCUT2D eigenvalue weighted by Gasteiger charge is -2.09. The number of nitrogens with one attached hydrogen (secondary N) is 1. The van der Waals surface area contributed by atoms with Gasteiger partial charge >= 0.3 is 0 Å². The van der Waals surface area contributed by atoms with Gasteiger partial charge in [0.25, 0.3) is 5.69 Å². The molecular weight excluding hydrogens is 312 g/mol. The Balaban J connectivity index is 1.82. The monoisotopic (exact) mass is 326 g/mol. The average Bonchev–Trinajstić information content (AvgIpc) is 3.07. The van der Waals surface area contributed by atoms with E-state index in [1.807, 2.05) is 13.0 Å². The summed E-state index contributed by atoms with van der Waals surface area (Å²) in [6, 6.07) is 6.48. The van der Waals surface area contributed by atoms with Crippen LogP contribution in [0.4, 0.5) is 17.2 Å². The molecule has 1 N–H and O–H groups in total. The largest absolute Gasteiger partial charge is 0.339 e. The average molecular weight is 326 g/mol. The van der Waals surface area contributed by atoms with Crippen LogP contribution in [-0.2, 0) is 12.8 Å². The van der Waals surface area contributed by atoms with Gasteiger partial charge in [0.05, 0.1) is 10.3 Å². The van der Waals surface area contributed by atoms with Crippen molar-refractivity contribution >= 4 is 38.7 Å². The summed E-state index contributed by atoms with van der Waals surface area (Å²) in [5.74, 6) is 1.44. The first-order valence-electron chi connectivity index (χ1n) is 7.42. The van der Waals surface area contributed by atoms with Crippen LogP contribution in [0.15, 0.2) is 24.3 Å². The van der Waals surface area contributed by atoms with E-state index in [-0.39, 0.29) is 5.69 Å². The highest BCUT2D eigenvalue weighted by Crippen LogP contribution is 2.40. The van der Waals surface area contributed by atoms with Crippen molar-refractivity contribution < 1.29 is 4.92 Å². The van der Waals surface area contributed by atoms with Crippen LogP contribution in [0.1, 0.15) is 22.7 Å². The van der Waals surface area contributed by atoms with Crippen LogP contribution in [0.5, 0.6) is 0 Å². The van der Waals surface area contributed by atoms with Gasteiger partial charge in [-0.15, -0.1) is 11.3 Å². The van der Waals surface area contributed by atoms with Crippen LogP contribution >= 0.6 is 11.3 Å². The van der Waals surface area contributed by atoms with Gasteiger partial charge in [0.15, 0.2) is 0 Å². The number of benzene rings is 1. The van der Waals surface area contributed by atoms with Crippen molar-refractivity contribution in [1.82, 2.24) is 9.97 Å². The van der Waals surface area contributed by atoms with Gasteiger partial charge in [0, 0.05) is 22.7 Å². The molecule has 0 amide bonds. The lowest BCUT2D eigenvalue weighted by atomic mass is 10.2. The van der Waals surface area contributed by atoms with Crippen LogP contribution in [0.25, 0.3) is 10.2 Å². The number of hydrogen-bond donors (Lipinski definition) is 1. The molecule has 0 aliphatic heterocycles. The second-order valence-electron chi connectivity index (χ2n) is 5.59. The molecule has 0 radical (unpaired) electrons. The first-order chi connectivity index (χ1) is 11.1. The molecule has 1 aromatic carbocycles. The van der Waals surface area contributed by atoms with Crippen molar-refractivity contribution in [3.8, 4) is 0 Å². The Morgan fingerprint density at radius 2 is 2.17 bits per heavy atom. The Morgan fingerprint density at radius 1 is 1.30 bits per heavy atom. The summed E-state index contributed by atoms with van der Waals surface area (Å²) >= 11 is 1.73. The second kappa shape index (κ2) is 5.27. The van der Waals surface area contributed by atoms with Gasteiger partial charge in [0.1, 0.15) is 16.5 Å². The maximum atomic E-state index is 10.9. The van der Waals surface area contributed by atoms with E-state index in [1.165, 1.54) is 29.0 Å². The van der Waals surface area contributed by atoms with Crippen molar-refractivity contribution in [3.63, 3.8) is 0 Å². The molecule has 0 saturated carbocycles. The number of nitro benzene ring substituents is 1. The summed E-state index contributed by atoms with van der Waals surface area (Å²) in [4.78, 5) is 22.0. The van der Waals surface area contributed by atoms with Crippen molar-refractivity contribution in [1.29, 1.82) is 0 Å². The van der Waals surface area contributed by atoms with Crippen LogP contribution in [0.2, 0.25) is 0 Å². The maximum absolute atomic E-state index is 10.9. The van der Waals surface area contributed by atoms with E-state index in [2.05, 4.69) is 15.3 Å². The van der Waals surface area contributed by atoms with Crippen molar-refractivity contribution in [3.05, 3.63) is 50.6 Å². The summed E-state index contributed by atoms with van der Waals surface area (Å²) in [6.07, 6.45) is 3.32. The van der Waals surface area contributed by atoms with Crippen LogP contribution in [0, 0.1) is 17.0 Å². The number of aromatic nitrogens is 2. The molecule has 2 aromatic heterocycles. The van der Waals surface area contributed by atoms with Gasteiger partial charge in [-0.3, -0.25) is 10.1 Å². The number of thiophene rings is 1. The van der Waals surface area contributed by atoms with Crippen LogP contribution < -0.4 is 5.32 Å². The Kier molecular flexibility index (Phi) is 3.23. The standard InChI is InChI=1S/C16H14N4O2S/c1-9-17-15(19-10-4-2-5-11(8-10)20(21)22)14-12-6-3-7-13(12)23-16(14)18-9/h2,4-5,8H,3,6-7H2,1H3,(H,17,18,19). The summed E-state index contributed by atoms with van der Waals surface area (Å²) in [5, 5.41) is 15.3. The first kappa shape index (κ1) is 14.1. The van der Waals surface area contributed by atoms with E-state index in [1.54, 1.807) is 17.4 Å². The number of rotatable bonds is 3. The summed E-state index contributed by atoms with van der Waals surface area (Å²) in [5.41, 5.74) is 2.06. The Bertz CT molecular complexity index is 935. The molecule has 0 atom stereocenters. The van der Waals surface area contributed by atoms with E-state index in [0.717, 1.165) is 28.9 Å². The Labute approximate surface area is 136 Å². The summed E-state index contributed by atoms with van der Waals surface area (Å²) in [6.45, 7) is 1.86. The van der Waals surface area contributed by atoms with E-state index in [4.69, 9.17) is 0 Å². The van der Waals surface area contributed by atoms with E-state index in [9.17, 15) is 10.1 Å². The molecule has 0 unspecified atom stereocenters. The minimum absolute atomic E-state index is 0.0626. The van der Waals surface area contributed by atoms with E-state index >= 15 is 0 Å². The molecule has 4 rings (SSSR count). The molecular formula is C16H14N4O2S. The highest BCUT2D eigenvalue weighted by Gasteiger charge is 2.22. The third kappa shape index (κ3) is 2.43. The van der Waals surface area contributed by atoms with Gasteiger partial charge in [-0.25, -0.2) is 9.97 Å². The highest BCUT2D eigenvalue weighted by molar-refractivity contribution is 7.19. The molecule has 0 bridgehead atoms. The van der Waals surface area contributed by atoms with Crippen molar-refractivity contribution in [2.24, 2.45) is 0 Å². The molecule has 1 aliphatic rings. The molecule has 6 nitrogen and oxygen atoms in total. The Morgan fingerprint density at radius 3 is 3.00 bits per heavy atom. The predicted molar refractivity (Wildman–Crippen MR) is 90.6 cm³/mol. The topological polar surface area (TPSA) is 81.0 Å². The molecule has 2 heterocycles.